The summed E-state index contributed by atoms with van der Waals surface area (Å²) in [4.78, 5) is 21.6. The van der Waals surface area contributed by atoms with E-state index in [0.29, 0.717) is 16.5 Å². The number of ether oxygens (including phenoxy) is 1. The molecule has 1 atom stereocenters. The summed E-state index contributed by atoms with van der Waals surface area (Å²) >= 11 is 7.90. The normalized spacial score (nSPS) is 12.9. The molecule has 3 heterocycles. The lowest BCUT2D eigenvalue weighted by molar-refractivity contribution is 0.0662. The van der Waals surface area contributed by atoms with Gasteiger partial charge in [-0.15, -0.1) is 11.3 Å². The molecule has 7 nitrogen and oxygen atoms in total. The average Bonchev–Trinajstić information content (AvgIpc) is 3.58. The molecule has 1 aliphatic heterocycles. The summed E-state index contributed by atoms with van der Waals surface area (Å²) in [7, 11) is 0. The van der Waals surface area contributed by atoms with Crippen molar-refractivity contribution < 1.29 is 29.0 Å². The van der Waals surface area contributed by atoms with E-state index < -0.39 is 11.9 Å². The Balaban J connectivity index is -0.000000489. The number of carbonyl (C=O) groups is 2. The lowest BCUT2D eigenvalue weighted by Gasteiger charge is -1.97. The maximum Gasteiger partial charge on any atom is 0.371 e. The number of carboxylic acids is 2. The van der Waals surface area contributed by atoms with E-state index in [2.05, 4.69) is 38.8 Å². The fraction of sp³-hybridized carbons (Fsp3) is 0.419. The number of thiophene rings is 1. The van der Waals surface area contributed by atoms with Crippen LogP contribution in [0.15, 0.2) is 61.9 Å². The number of rotatable bonds is 3. The van der Waals surface area contributed by atoms with Gasteiger partial charge in [-0.25, -0.2) is 9.59 Å². The van der Waals surface area contributed by atoms with Gasteiger partial charge in [0.15, 0.2) is 0 Å². The SMILES string of the molecule is C.C.C.C.CC(C)N.CCC1CCOC1.O=C(O)c1cc2ccc(Br)cc2o1.O=C(O)c1cc2ccc(Br)cc2s1. The monoisotopic (exact) mass is 719 g/mol. The number of halogens is 2. The molecule has 0 radical (unpaired) electrons. The van der Waals surface area contributed by atoms with Gasteiger partial charge in [-0.2, -0.15) is 0 Å². The number of nitrogens with two attached hydrogens (primary N) is 1. The summed E-state index contributed by atoms with van der Waals surface area (Å²) in [5.41, 5.74) is 5.69. The number of benzene rings is 2. The van der Waals surface area contributed by atoms with E-state index in [-0.39, 0.29) is 35.5 Å². The molecular weight excluding hydrogens is 674 g/mol. The van der Waals surface area contributed by atoms with E-state index >= 15 is 0 Å². The van der Waals surface area contributed by atoms with Crippen LogP contribution >= 0.6 is 43.2 Å². The Morgan fingerprint density at radius 1 is 0.951 bits per heavy atom. The largest absolute Gasteiger partial charge is 0.477 e. The predicted molar refractivity (Wildman–Crippen MR) is 183 cm³/mol. The Labute approximate surface area is 266 Å². The number of carboxylic acid groups (broad SMARTS) is 2. The van der Waals surface area contributed by atoms with Crippen molar-refractivity contribution in [3.05, 3.63) is 68.1 Å². The maximum atomic E-state index is 10.7. The smallest absolute Gasteiger partial charge is 0.371 e. The Bertz CT molecular complexity index is 1220. The topological polar surface area (TPSA) is 123 Å². The zero-order chi connectivity index (χ0) is 27.5. The van der Waals surface area contributed by atoms with E-state index in [4.69, 9.17) is 25.1 Å². The number of hydrogen-bond donors (Lipinski definition) is 3. The van der Waals surface area contributed by atoms with Crippen molar-refractivity contribution in [2.45, 2.75) is 69.4 Å². The highest BCUT2D eigenvalue weighted by atomic mass is 79.9. The standard InChI is InChI=1S/C9H5BrO3.C9H5BrO2S.C6H12O.C3H9N.4CH4/c2*10-6-2-1-5-3-8(9(11)12)13-7(5)4-6;1-2-6-3-4-7-5-6;1-3(2)4;;;;/h2*1-4H,(H,11,12);6H,2-5H2,1H3;3H,4H2,1-2H3;4*1H4. The lowest BCUT2D eigenvalue weighted by Crippen LogP contribution is -2.06. The van der Waals surface area contributed by atoms with Gasteiger partial charge in [-0.05, 0) is 66.2 Å². The Hall–Kier alpha value is -2.24. The van der Waals surface area contributed by atoms with Crippen LogP contribution in [-0.4, -0.2) is 41.4 Å². The van der Waals surface area contributed by atoms with Gasteiger partial charge in [0, 0.05) is 32.2 Å². The van der Waals surface area contributed by atoms with Crippen LogP contribution in [0.1, 0.15) is 83.5 Å². The molecule has 4 N–H and O–H groups in total. The molecule has 1 fully saturated rings. The summed E-state index contributed by atoms with van der Waals surface area (Å²) in [6.07, 6.45) is 2.58. The summed E-state index contributed by atoms with van der Waals surface area (Å²) in [6.45, 7) is 8.12. The predicted octanol–water partition coefficient (Wildman–Crippen LogP) is 10.6. The Kier molecular flexibility index (Phi) is 22.6. The highest BCUT2D eigenvalue weighted by Gasteiger charge is 2.12. The Morgan fingerprint density at radius 2 is 1.51 bits per heavy atom. The Morgan fingerprint density at radius 3 is 1.98 bits per heavy atom. The number of hydrogen-bond acceptors (Lipinski definition) is 6. The van der Waals surface area contributed by atoms with E-state index in [1.165, 1.54) is 30.2 Å². The zero-order valence-corrected chi connectivity index (χ0v) is 24.9. The highest BCUT2D eigenvalue weighted by molar-refractivity contribution is 9.10. The molecule has 2 aromatic heterocycles. The molecular formula is C31H47Br2NO6S. The molecule has 1 saturated heterocycles. The van der Waals surface area contributed by atoms with Crippen molar-refractivity contribution in [1.82, 2.24) is 0 Å². The zero-order valence-electron chi connectivity index (χ0n) is 20.9. The molecule has 0 bridgehead atoms. The van der Waals surface area contributed by atoms with Crippen molar-refractivity contribution in [2.75, 3.05) is 13.2 Å². The van der Waals surface area contributed by atoms with Crippen LogP contribution in [0.5, 0.6) is 0 Å². The van der Waals surface area contributed by atoms with Crippen LogP contribution in [-0.2, 0) is 4.74 Å². The number of aromatic carboxylic acids is 2. The molecule has 1 unspecified atom stereocenters. The van der Waals surface area contributed by atoms with Crippen LogP contribution in [0.3, 0.4) is 0 Å². The molecule has 10 heteroatoms. The summed E-state index contributed by atoms with van der Waals surface area (Å²) in [6, 6.07) is 14.6. The first-order valence-electron chi connectivity index (χ1n) is 11.7. The second-order valence-corrected chi connectivity index (χ2v) is 11.5. The van der Waals surface area contributed by atoms with Crippen molar-refractivity contribution in [3.63, 3.8) is 0 Å². The van der Waals surface area contributed by atoms with E-state index in [1.54, 1.807) is 18.2 Å². The minimum absolute atomic E-state index is 0. The molecule has 0 saturated carbocycles. The number of fused-ring (bicyclic) bond motifs is 2. The highest BCUT2D eigenvalue weighted by Crippen LogP contribution is 2.28. The maximum absolute atomic E-state index is 10.7. The third kappa shape index (κ3) is 15.0. The van der Waals surface area contributed by atoms with Crippen LogP contribution in [0.25, 0.3) is 21.1 Å². The van der Waals surface area contributed by atoms with Gasteiger partial charge in [0.05, 0.1) is 0 Å². The summed E-state index contributed by atoms with van der Waals surface area (Å²) < 4.78 is 13.1. The molecule has 1 aliphatic rings. The molecule has 0 spiro atoms. The minimum atomic E-state index is -1.05. The van der Waals surface area contributed by atoms with Gasteiger partial charge in [0.25, 0.3) is 0 Å². The number of furan rings is 1. The first-order valence-corrected chi connectivity index (χ1v) is 14.1. The van der Waals surface area contributed by atoms with E-state index in [0.717, 1.165) is 43.5 Å². The van der Waals surface area contributed by atoms with Gasteiger partial charge in [0.2, 0.25) is 5.76 Å². The average molecular weight is 722 g/mol. The second kappa shape index (κ2) is 21.5. The van der Waals surface area contributed by atoms with Crippen molar-refractivity contribution in [3.8, 4) is 0 Å². The van der Waals surface area contributed by atoms with E-state index in [1.807, 2.05) is 38.1 Å². The van der Waals surface area contributed by atoms with Crippen LogP contribution in [0, 0.1) is 5.92 Å². The van der Waals surface area contributed by atoms with Crippen molar-refractivity contribution in [2.24, 2.45) is 11.7 Å². The minimum Gasteiger partial charge on any atom is -0.477 e. The fourth-order valence-electron chi connectivity index (χ4n) is 3.13. The molecule has 41 heavy (non-hydrogen) atoms. The first-order chi connectivity index (χ1) is 17.5. The molecule has 0 aliphatic carbocycles. The second-order valence-electron chi connectivity index (χ2n) is 8.58. The van der Waals surface area contributed by atoms with Gasteiger partial charge in [-0.3, -0.25) is 0 Å². The molecule has 5 rings (SSSR count). The first kappa shape index (κ1) is 43.2. The molecule has 4 aromatic rings. The van der Waals surface area contributed by atoms with Crippen molar-refractivity contribution in [1.29, 1.82) is 0 Å². The summed E-state index contributed by atoms with van der Waals surface area (Å²) in [5.74, 6) is -1.07. The molecule has 0 amide bonds. The van der Waals surface area contributed by atoms with Gasteiger partial charge in [0.1, 0.15) is 10.5 Å². The fourth-order valence-corrected chi connectivity index (χ4v) is 4.92. The molecule has 2 aromatic carbocycles. The lowest BCUT2D eigenvalue weighted by atomic mass is 10.1. The van der Waals surface area contributed by atoms with Crippen molar-refractivity contribution >= 4 is 76.2 Å². The van der Waals surface area contributed by atoms with Gasteiger partial charge in [-0.1, -0.05) is 94.8 Å². The molecule has 232 valence electrons. The van der Waals surface area contributed by atoms with E-state index in [9.17, 15) is 9.59 Å². The van der Waals surface area contributed by atoms with Crippen LogP contribution < -0.4 is 5.73 Å². The summed E-state index contributed by atoms with van der Waals surface area (Å²) in [5, 5.41) is 19.2. The van der Waals surface area contributed by atoms with Crippen LogP contribution in [0.2, 0.25) is 0 Å². The quantitative estimate of drug-likeness (QED) is 0.192. The van der Waals surface area contributed by atoms with Gasteiger partial charge < -0.3 is 25.1 Å². The third-order valence-corrected chi connectivity index (χ3v) is 7.06. The third-order valence-electron chi connectivity index (χ3n) is 4.99. The van der Waals surface area contributed by atoms with Gasteiger partial charge >= 0.3 is 11.9 Å². The van der Waals surface area contributed by atoms with Crippen LogP contribution in [0.4, 0.5) is 0 Å².